The average Bonchev–Trinajstić information content (AvgIpc) is 2.28. The Morgan fingerprint density at radius 1 is 1.47 bits per heavy atom. The zero-order valence-corrected chi connectivity index (χ0v) is 12.1. The van der Waals surface area contributed by atoms with Crippen LogP contribution >= 0.6 is 27.7 Å². The summed E-state index contributed by atoms with van der Waals surface area (Å²) in [5.41, 5.74) is 1.24. The molecule has 0 aliphatic carbocycles. The van der Waals surface area contributed by atoms with Crippen molar-refractivity contribution in [3.05, 3.63) is 28.2 Å². The topological polar surface area (TPSA) is 49.3 Å². The smallest absolute Gasteiger partial charge is 0.336 e. The number of carboxylic acid groups (broad SMARTS) is 1. The molecule has 0 aliphatic heterocycles. The summed E-state index contributed by atoms with van der Waals surface area (Å²) in [5, 5.41) is 12.2. The van der Waals surface area contributed by atoms with E-state index in [1.165, 1.54) is 12.2 Å². The van der Waals surface area contributed by atoms with Gasteiger partial charge in [-0.3, -0.25) is 0 Å². The molecular weight excluding hydrogens is 302 g/mol. The van der Waals surface area contributed by atoms with E-state index in [2.05, 4.69) is 27.5 Å². The van der Waals surface area contributed by atoms with E-state index in [9.17, 15) is 4.79 Å². The number of benzene rings is 1. The molecule has 1 aromatic rings. The fourth-order valence-electron chi connectivity index (χ4n) is 1.40. The van der Waals surface area contributed by atoms with Crippen molar-refractivity contribution in [3.8, 4) is 0 Å². The molecule has 0 saturated heterocycles. The third kappa shape index (κ3) is 5.00. The number of aromatic carboxylic acids is 1. The summed E-state index contributed by atoms with van der Waals surface area (Å²) in [6.45, 7) is 0.916. The van der Waals surface area contributed by atoms with Gasteiger partial charge in [0.15, 0.2) is 0 Å². The zero-order valence-electron chi connectivity index (χ0n) is 9.70. The maximum absolute atomic E-state index is 10.8. The Balaban J connectivity index is 2.45. The number of unbranched alkanes of at least 4 members (excludes halogenated alkanes) is 1. The predicted molar refractivity (Wildman–Crippen MR) is 77.2 cm³/mol. The first-order valence-corrected chi connectivity index (χ1v) is 7.59. The Hall–Kier alpha value is -0.680. The molecule has 0 fully saturated rings. The Labute approximate surface area is 114 Å². The van der Waals surface area contributed by atoms with Crippen LogP contribution in [0.4, 0.5) is 5.69 Å². The molecular formula is C12H16BrNO2S. The molecule has 5 heteroatoms. The Morgan fingerprint density at radius 2 is 2.24 bits per heavy atom. The summed E-state index contributed by atoms with van der Waals surface area (Å²) in [4.78, 5) is 10.8. The second kappa shape index (κ2) is 7.61. The third-order valence-corrected chi connectivity index (χ3v) is 3.66. The molecule has 0 amide bonds. The van der Waals surface area contributed by atoms with Crippen molar-refractivity contribution >= 4 is 39.3 Å². The van der Waals surface area contributed by atoms with E-state index in [0.717, 1.165) is 18.7 Å². The molecule has 0 aliphatic rings. The Kier molecular flexibility index (Phi) is 6.44. The van der Waals surface area contributed by atoms with Crippen molar-refractivity contribution in [3.63, 3.8) is 0 Å². The van der Waals surface area contributed by atoms with Crippen LogP contribution in [0.5, 0.6) is 0 Å². The average molecular weight is 318 g/mol. The fourth-order valence-corrected chi connectivity index (χ4v) is 2.44. The van der Waals surface area contributed by atoms with Gasteiger partial charge in [0.05, 0.1) is 5.56 Å². The van der Waals surface area contributed by atoms with Gasteiger partial charge in [0.25, 0.3) is 0 Å². The van der Waals surface area contributed by atoms with Crippen LogP contribution in [-0.4, -0.2) is 29.6 Å². The second-order valence-electron chi connectivity index (χ2n) is 3.63. The third-order valence-electron chi connectivity index (χ3n) is 2.30. The number of carbonyl (C=O) groups is 1. The molecule has 94 valence electrons. The summed E-state index contributed by atoms with van der Waals surface area (Å²) < 4.78 is 0.610. The summed E-state index contributed by atoms with van der Waals surface area (Å²) in [6, 6.07) is 5.21. The van der Waals surface area contributed by atoms with E-state index >= 15 is 0 Å². The molecule has 1 rings (SSSR count). The lowest BCUT2D eigenvalue weighted by Crippen LogP contribution is -2.03. The van der Waals surface area contributed by atoms with Gasteiger partial charge in [0.1, 0.15) is 0 Å². The maximum Gasteiger partial charge on any atom is 0.336 e. The fraction of sp³-hybridized carbons (Fsp3) is 0.417. The maximum atomic E-state index is 10.8. The molecule has 2 N–H and O–H groups in total. The van der Waals surface area contributed by atoms with E-state index in [1.54, 1.807) is 18.2 Å². The van der Waals surface area contributed by atoms with Crippen LogP contribution in [0.2, 0.25) is 0 Å². The van der Waals surface area contributed by atoms with Crippen LogP contribution in [0.15, 0.2) is 22.7 Å². The van der Waals surface area contributed by atoms with Gasteiger partial charge in [-0.2, -0.15) is 11.8 Å². The van der Waals surface area contributed by atoms with Crippen LogP contribution in [-0.2, 0) is 0 Å². The van der Waals surface area contributed by atoms with Crippen molar-refractivity contribution in [2.45, 2.75) is 12.8 Å². The highest BCUT2D eigenvalue weighted by Gasteiger charge is 2.07. The number of carboxylic acids is 1. The van der Waals surface area contributed by atoms with Gasteiger partial charge < -0.3 is 10.4 Å². The quantitative estimate of drug-likeness (QED) is 0.753. The van der Waals surface area contributed by atoms with Gasteiger partial charge in [-0.15, -0.1) is 0 Å². The van der Waals surface area contributed by atoms with Crippen molar-refractivity contribution in [2.75, 3.05) is 23.9 Å². The van der Waals surface area contributed by atoms with E-state index < -0.39 is 5.97 Å². The van der Waals surface area contributed by atoms with Gasteiger partial charge in [-0.1, -0.05) is 0 Å². The standard InChI is InChI=1S/C12H16BrNO2S/c1-17-7-3-2-6-14-9-4-5-10(12(15)16)11(13)8-9/h4-5,8,14H,2-3,6-7H2,1H3,(H,15,16). The lowest BCUT2D eigenvalue weighted by Gasteiger charge is -2.07. The minimum atomic E-state index is -0.914. The summed E-state index contributed by atoms with van der Waals surface area (Å²) in [5.74, 6) is 0.270. The van der Waals surface area contributed by atoms with E-state index in [0.29, 0.717) is 4.47 Å². The number of thioether (sulfide) groups is 1. The molecule has 0 spiro atoms. The number of anilines is 1. The highest BCUT2D eigenvalue weighted by molar-refractivity contribution is 9.10. The molecule has 0 saturated carbocycles. The lowest BCUT2D eigenvalue weighted by molar-refractivity contribution is 0.0696. The second-order valence-corrected chi connectivity index (χ2v) is 5.47. The van der Waals surface area contributed by atoms with Gasteiger partial charge in [-0.25, -0.2) is 4.79 Å². The van der Waals surface area contributed by atoms with Gasteiger partial charge >= 0.3 is 5.97 Å². The highest BCUT2D eigenvalue weighted by Crippen LogP contribution is 2.21. The molecule has 0 heterocycles. The van der Waals surface area contributed by atoms with Crippen LogP contribution in [0.25, 0.3) is 0 Å². The zero-order chi connectivity index (χ0) is 12.7. The van der Waals surface area contributed by atoms with Crippen molar-refractivity contribution < 1.29 is 9.90 Å². The first kappa shape index (κ1) is 14.4. The van der Waals surface area contributed by atoms with Crippen LogP contribution in [0, 0.1) is 0 Å². The molecule has 17 heavy (non-hydrogen) atoms. The minimum absolute atomic E-state index is 0.290. The number of rotatable bonds is 7. The monoisotopic (exact) mass is 317 g/mol. The van der Waals surface area contributed by atoms with E-state index in [1.807, 2.05) is 11.8 Å². The summed E-state index contributed by atoms with van der Waals surface area (Å²) >= 11 is 5.11. The van der Waals surface area contributed by atoms with Gasteiger partial charge in [-0.05, 0) is 59.0 Å². The molecule has 0 aromatic heterocycles. The van der Waals surface area contributed by atoms with Crippen molar-refractivity contribution in [2.24, 2.45) is 0 Å². The van der Waals surface area contributed by atoms with Crippen molar-refractivity contribution in [1.29, 1.82) is 0 Å². The number of halogens is 1. The largest absolute Gasteiger partial charge is 0.478 e. The van der Waals surface area contributed by atoms with E-state index in [-0.39, 0.29) is 5.56 Å². The van der Waals surface area contributed by atoms with E-state index in [4.69, 9.17) is 5.11 Å². The molecule has 0 atom stereocenters. The molecule has 3 nitrogen and oxygen atoms in total. The van der Waals surface area contributed by atoms with Gasteiger partial charge in [0, 0.05) is 16.7 Å². The Morgan fingerprint density at radius 3 is 2.82 bits per heavy atom. The number of hydrogen-bond donors (Lipinski definition) is 2. The van der Waals surface area contributed by atoms with Crippen LogP contribution < -0.4 is 5.32 Å². The normalized spacial score (nSPS) is 10.2. The summed E-state index contributed by atoms with van der Waals surface area (Å²) in [7, 11) is 0. The molecule has 1 aromatic carbocycles. The van der Waals surface area contributed by atoms with Crippen molar-refractivity contribution in [1.82, 2.24) is 0 Å². The van der Waals surface area contributed by atoms with Crippen LogP contribution in [0.3, 0.4) is 0 Å². The SMILES string of the molecule is CSCCCCNc1ccc(C(=O)O)c(Br)c1. The molecule has 0 bridgehead atoms. The summed E-state index contributed by atoms with van der Waals surface area (Å²) in [6.07, 6.45) is 4.43. The number of nitrogens with one attached hydrogen (secondary N) is 1. The highest BCUT2D eigenvalue weighted by atomic mass is 79.9. The first-order valence-electron chi connectivity index (χ1n) is 5.41. The lowest BCUT2D eigenvalue weighted by atomic mass is 10.2. The number of hydrogen-bond acceptors (Lipinski definition) is 3. The van der Waals surface area contributed by atoms with Gasteiger partial charge in [0.2, 0.25) is 0 Å². The molecule has 0 radical (unpaired) electrons. The first-order chi connectivity index (χ1) is 8.15. The minimum Gasteiger partial charge on any atom is -0.478 e. The molecule has 0 unspecified atom stereocenters. The van der Waals surface area contributed by atoms with Crippen LogP contribution in [0.1, 0.15) is 23.2 Å². The predicted octanol–water partition coefficient (Wildman–Crippen LogP) is 3.70. The Bertz CT molecular complexity index is 385.